The second-order valence-corrected chi connectivity index (χ2v) is 7.95. The number of hydrogen-bond donors (Lipinski definition) is 1. The van der Waals surface area contributed by atoms with Crippen molar-refractivity contribution in [1.29, 1.82) is 0 Å². The molecule has 0 spiro atoms. The Balaban J connectivity index is 1.57. The van der Waals surface area contributed by atoms with Crippen molar-refractivity contribution in [2.45, 2.75) is 31.8 Å². The predicted molar refractivity (Wildman–Crippen MR) is 121 cm³/mol. The highest BCUT2D eigenvalue weighted by atomic mass is 16.5. The van der Waals surface area contributed by atoms with Crippen LogP contribution < -0.4 is 4.74 Å². The van der Waals surface area contributed by atoms with Gasteiger partial charge in [0.1, 0.15) is 11.6 Å². The first-order valence-corrected chi connectivity index (χ1v) is 10.5. The molecule has 0 unspecified atom stereocenters. The highest BCUT2D eigenvalue weighted by Gasteiger charge is 2.39. The average Bonchev–Trinajstić information content (AvgIpc) is 3.56. The third-order valence-electron chi connectivity index (χ3n) is 5.98. The number of aromatic amines is 1. The number of ether oxygens (including phenoxy) is 1. The Bertz CT molecular complexity index is 1290. The van der Waals surface area contributed by atoms with Crippen molar-refractivity contribution in [3.8, 4) is 11.4 Å². The van der Waals surface area contributed by atoms with Crippen LogP contribution in [-0.4, -0.2) is 48.9 Å². The minimum Gasteiger partial charge on any atom is -0.497 e. The fraction of sp³-hybridized carbons (Fsp3) is 0.250. The van der Waals surface area contributed by atoms with E-state index in [1.165, 1.54) is 4.80 Å². The number of carbonyl (C=O) groups is 1. The number of aromatic nitrogens is 5. The monoisotopic (exact) mass is 428 g/mol. The summed E-state index contributed by atoms with van der Waals surface area (Å²) in [6.07, 6.45) is 6.65. The van der Waals surface area contributed by atoms with Crippen LogP contribution in [0.25, 0.3) is 16.7 Å². The summed E-state index contributed by atoms with van der Waals surface area (Å²) >= 11 is 0. The number of carbonyl (C=O) groups excluding carboxylic acids is 1. The van der Waals surface area contributed by atoms with Crippen molar-refractivity contribution >= 4 is 16.9 Å². The van der Waals surface area contributed by atoms with Crippen LogP contribution in [0.3, 0.4) is 0 Å². The zero-order valence-electron chi connectivity index (χ0n) is 18.0. The van der Waals surface area contributed by atoms with Crippen molar-refractivity contribution in [3.05, 3.63) is 78.4 Å². The number of imidazole rings is 1. The Morgan fingerprint density at radius 2 is 2.00 bits per heavy atom. The van der Waals surface area contributed by atoms with Crippen molar-refractivity contribution in [1.82, 2.24) is 29.9 Å². The maximum Gasteiger partial charge on any atom is 0.257 e. The minimum atomic E-state index is -0.191. The van der Waals surface area contributed by atoms with E-state index >= 15 is 0 Å². The molecule has 2 aromatic carbocycles. The first kappa shape index (κ1) is 20.0. The second-order valence-electron chi connectivity index (χ2n) is 7.95. The van der Waals surface area contributed by atoms with E-state index in [0.29, 0.717) is 11.3 Å². The van der Waals surface area contributed by atoms with Gasteiger partial charge in [-0.05, 0) is 49.6 Å². The van der Waals surface area contributed by atoms with Gasteiger partial charge >= 0.3 is 0 Å². The number of likely N-dealkylation sites (tertiary alicyclic amines) is 1. The summed E-state index contributed by atoms with van der Waals surface area (Å²) in [6, 6.07) is 11.1. The van der Waals surface area contributed by atoms with E-state index in [9.17, 15) is 4.79 Å². The molecule has 0 radical (unpaired) electrons. The number of H-pyrrole nitrogens is 1. The number of fused-ring (bicyclic) bond motifs is 1. The first-order valence-electron chi connectivity index (χ1n) is 10.5. The van der Waals surface area contributed by atoms with Gasteiger partial charge in [-0.3, -0.25) is 4.79 Å². The van der Waals surface area contributed by atoms with Crippen LogP contribution in [0.15, 0.2) is 61.4 Å². The van der Waals surface area contributed by atoms with Crippen LogP contribution in [0.5, 0.6) is 5.75 Å². The molecule has 1 N–H and O–H groups in total. The van der Waals surface area contributed by atoms with Crippen LogP contribution >= 0.6 is 0 Å². The molecule has 4 aromatic rings. The Kier molecular flexibility index (Phi) is 4.97. The molecular weight excluding hydrogens is 404 g/mol. The molecule has 1 aliphatic heterocycles. The lowest BCUT2D eigenvalue weighted by molar-refractivity contribution is 0.0690. The minimum absolute atomic E-state index is 0.0880. The molecule has 8 heteroatoms. The summed E-state index contributed by atoms with van der Waals surface area (Å²) in [7, 11) is 1.64. The average molecular weight is 428 g/mol. The van der Waals surface area contributed by atoms with Gasteiger partial charge in [0, 0.05) is 6.07 Å². The largest absolute Gasteiger partial charge is 0.497 e. The molecule has 1 fully saturated rings. The fourth-order valence-electron chi connectivity index (χ4n) is 4.39. The highest BCUT2D eigenvalue weighted by molar-refractivity contribution is 5.98. The zero-order valence-corrected chi connectivity index (χ0v) is 18.0. The lowest BCUT2D eigenvalue weighted by Crippen LogP contribution is -2.37. The second kappa shape index (κ2) is 7.96. The molecule has 8 nitrogen and oxygen atoms in total. The molecule has 0 bridgehead atoms. The predicted octanol–water partition coefficient (Wildman–Crippen LogP) is 3.99. The summed E-state index contributed by atoms with van der Waals surface area (Å²) in [5.74, 6) is 1.42. The van der Waals surface area contributed by atoms with Crippen molar-refractivity contribution in [3.63, 3.8) is 0 Å². The number of methoxy groups -OCH3 is 1. The van der Waals surface area contributed by atoms with E-state index in [0.717, 1.165) is 41.0 Å². The van der Waals surface area contributed by atoms with Crippen molar-refractivity contribution in [2.75, 3.05) is 7.11 Å². The SMILES string of the molecule is C=C[C@@H]1CC[C@@H](c2nc3ccc(OC)cc3[nH]2)N1C(=O)c1ccc(C)cc1-n1nccn1. The Hall–Kier alpha value is -3.94. The lowest BCUT2D eigenvalue weighted by Gasteiger charge is -2.28. The molecule has 32 heavy (non-hydrogen) atoms. The van der Waals surface area contributed by atoms with Gasteiger partial charge in [0.05, 0.1) is 53.9 Å². The van der Waals surface area contributed by atoms with Crippen molar-refractivity contribution < 1.29 is 9.53 Å². The molecule has 0 aliphatic carbocycles. The number of hydrogen-bond acceptors (Lipinski definition) is 5. The first-order chi connectivity index (χ1) is 15.6. The number of amides is 1. The van der Waals surface area contributed by atoms with Gasteiger partial charge in [0.2, 0.25) is 0 Å². The van der Waals surface area contributed by atoms with E-state index in [1.54, 1.807) is 19.5 Å². The van der Waals surface area contributed by atoms with Crippen LogP contribution in [0.4, 0.5) is 0 Å². The molecule has 1 aliphatic rings. The molecule has 162 valence electrons. The summed E-state index contributed by atoms with van der Waals surface area (Å²) in [5.41, 5.74) is 3.95. The van der Waals surface area contributed by atoms with Gasteiger partial charge in [-0.15, -0.1) is 6.58 Å². The van der Waals surface area contributed by atoms with E-state index in [-0.39, 0.29) is 18.0 Å². The Morgan fingerprint density at radius 3 is 2.75 bits per heavy atom. The third kappa shape index (κ3) is 3.33. The summed E-state index contributed by atoms with van der Waals surface area (Å²) in [5, 5.41) is 8.49. The van der Waals surface area contributed by atoms with Crippen LogP contribution in [0.1, 0.15) is 40.6 Å². The number of nitrogens with zero attached hydrogens (tertiary/aromatic N) is 5. The molecule has 5 rings (SSSR count). The standard InChI is InChI=1S/C24H24N6O2/c1-4-16-6-10-21(23-27-19-9-7-17(32-3)14-20(19)28-23)29(16)24(31)18-8-5-15(2)13-22(18)30-25-11-12-26-30/h4-5,7-9,11-14,16,21H,1,6,10H2,2-3H3,(H,27,28)/t16-,21+/m1/s1. The van der Waals surface area contributed by atoms with Gasteiger partial charge < -0.3 is 14.6 Å². The number of aryl methyl sites for hydroxylation is 1. The molecule has 3 heterocycles. The number of rotatable bonds is 5. The smallest absolute Gasteiger partial charge is 0.257 e. The molecule has 1 amide bonds. The number of nitrogens with one attached hydrogen (secondary N) is 1. The zero-order chi connectivity index (χ0) is 22.2. The Labute approximate surface area is 185 Å². The van der Waals surface area contributed by atoms with E-state index in [4.69, 9.17) is 9.72 Å². The van der Waals surface area contributed by atoms with E-state index in [1.807, 2.05) is 54.3 Å². The molecule has 2 atom stereocenters. The van der Waals surface area contributed by atoms with Gasteiger partial charge in [0.25, 0.3) is 5.91 Å². The highest BCUT2D eigenvalue weighted by Crippen LogP contribution is 2.38. The Morgan fingerprint density at radius 1 is 1.19 bits per heavy atom. The van der Waals surface area contributed by atoms with Crippen molar-refractivity contribution in [2.24, 2.45) is 0 Å². The van der Waals surface area contributed by atoms with Gasteiger partial charge in [-0.1, -0.05) is 12.1 Å². The van der Waals surface area contributed by atoms with Gasteiger partial charge in [-0.2, -0.15) is 15.0 Å². The van der Waals surface area contributed by atoms with Crippen LogP contribution in [-0.2, 0) is 0 Å². The quantitative estimate of drug-likeness (QED) is 0.486. The summed E-state index contributed by atoms with van der Waals surface area (Å²) in [6.45, 7) is 5.96. The normalized spacial score (nSPS) is 18.2. The van der Waals surface area contributed by atoms with Gasteiger partial charge in [0.15, 0.2) is 0 Å². The molecule has 2 aromatic heterocycles. The summed E-state index contributed by atoms with van der Waals surface area (Å²) in [4.78, 5) is 25.4. The number of benzene rings is 2. The van der Waals surface area contributed by atoms with Crippen LogP contribution in [0.2, 0.25) is 0 Å². The van der Waals surface area contributed by atoms with Gasteiger partial charge in [-0.25, -0.2) is 4.98 Å². The third-order valence-corrected chi connectivity index (χ3v) is 5.98. The summed E-state index contributed by atoms with van der Waals surface area (Å²) < 4.78 is 5.33. The molecule has 1 saturated heterocycles. The van der Waals surface area contributed by atoms with Crippen LogP contribution in [0, 0.1) is 6.92 Å². The van der Waals surface area contributed by atoms with E-state index in [2.05, 4.69) is 21.8 Å². The molecule has 0 saturated carbocycles. The molecular formula is C24H24N6O2. The topological polar surface area (TPSA) is 88.9 Å². The maximum atomic E-state index is 13.9. The maximum absolute atomic E-state index is 13.9. The van der Waals surface area contributed by atoms with E-state index < -0.39 is 0 Å². The lowest BCUT2D eigenvalue weighted by atomic mass is 10.1. The fourth-order valence-corrected chi connectivity index (χ4v) is 4.39.